The summed E-state index contributed by atoms with van der Waals surface area (Å²) in [5.74, 6) is -0.279. The molecule has 2 heterocycles. The molecule has 2 aliphatic heterocycles. The van der Waals surface area contributed by atoms with E-state index in [4.69, 9.17) is 11.6 Å². The molecule has 0 aromatic heterocycles. The minimum atomic E-state index is -0.279. The minimum Gasteiger partial charge on any atom is -0.363 e. The van der Waals surface area contributed by atoms with Gasteiger partial charge in [0.2, 0.25) is 0 Å². The van der Waals surface area contributed by atoms with Crippen LogP contribution in [0.3, 0.4) is 0 Å². The van der Waals surface area contributed by atoms with Gasteiger partial charge in [0, 0.05) is 22.8 Å². The Hall–Kier alpha value is -2.50. The average molecular weight is 467 g/mol. The van der Waals surface area contributed by atoms with E-state index in [2.05, 4.69) is 38.7 Å². The van der Waals surface area contributed by atoms with Crippen molar-refractivity contribution in [2.45, 2.75) is 46.7 Å². The molecule has 2 aromatic carbocycles. The highest BCUT2D eigenvalue weighted by Crippen LogP contribution is 2.42. The summed E-state index contributed by atoms with van der Waals surface area (Å²) in [4.78, 5) is 29.6. The van der Waals surface area contributed by atoms with Crippen molar-refractivity contribution in [3.05, 3.63) is 74.7 Å². The number of carbonyl (C=O) groups excluding carboxylic acids is 2. The first-order chi connectivity index (χ1) is 15.1. The quantitative estimate of drug-likeness (QED) is 0.459. The maximum Gasteiger partial charge on any atom is 0.293 e. The van der Waals surface area contributed by atoms with E-state index in [-0.39, 0.29) is 23.2 Å². The van der Waals surface area contributed by atoms with Crippen molar-refractivity contribution in [1.29, 1.82) is 0 Å². The molecule has 1 saturated heterocycles. The van der Waals surface area contributed by atoms with Gasteiger partial charge in [0.05, 0.1) is 17.0 Å². The zero-order valence-corrected chi connectivity index (χ0v) is 20.6. The van der Waals surface area contributed by atoms with Crippen molar-refractivity contribution in [3.63, 3.8) is 0 Å². The summed E-state index contributed by atoms with van der Waals surface area (Å²) in [7, 11) is 0. The number of anilines is 1. The third-order valence-corrected chi connectivity index (χ3v) is 7.23. The number of imide groups is 1. The number of benzene rings is 2. The fraction of sp³-hybridized carbons (Fsp3) is 0.308. The van der Waals surface area contributed by atoms with E-state index in [0.717, 1.165) is 46.2 Å². The topological polar surface area (TPSA) is 40.6 Å². The third kappa shape index (κ3) is 4.12. The summed E-state index contributed by atoms with van der Waals surface area (Å²) in [5.41, 5.74) is 6.04. The Bertz CT molecular complexity index is 1180. The zero-order valence-electron chi connectivity index (χ0n) is 19.0. The Morgan fingerprint density at radius 2 is 1.88 bits per heavy atom. The zero-order chi connectivity index (χ0) is 23.2. The van der Waals surface area contributed by atoms with Gasteiger partial charge in [0.1, 0.15) is 0 Å². The summed E-state index contributed by atoms with van der Waals surface area (Å²) >= 11 is 7.63. The molecule has 2 aromatic rings. The molecule has 0 bridgehead atoms. The number of nitrogens with zero attached hydrogens (tertiary/aromatic N) is 2. The lowest BCUT2D eigenvalue weighted by atomic mass is 9.88. The average Bonchev–Trinajstić information content (AvgIpc) is 2.96. The van der Waals surface area contributed by atoms with Crippen molar-refractivity contribution < 1.29 is 9.59 Å². The Balaban J connectivity index is 1.67. The highest BCUT2D eigenvalue weighted by Gasteiger charge is 2.36. The molecule has 1 fully saturated rings. The molecule has 32 heavy (non-hydrogen) atoms. The van der Waals surface area contributed by atoms with Crippen molar-refractivity contribution >= 4 is 51.8 Å². The van der Waals surface area contributed by atoms with Gasteiger partial charge in [0.25, 0.3) is 11.1 Å². The number of rotatable bonds is 4. The van der Waals surface area contributed by atoms with E-state index < -0.39 is 0 Å². The smallest absolute Gasteiger partial charge is 0.293 e. The van der Waals surface area contributed by atoms with Gasteiger partial charge in [-0.2, -0.15) is 0 Å². The molecule has 0 spiro atoms. The van der Waals surface area contributed by atoms with Crippen LogP contribution in [0.25, 0.3) is 11.6 Å². The monoisotopic (exact) mass is 466 g/mol. The normalized spacial score (nSPS) is 18.9. The predicted octanol–water partition coefficient (Wildman–Crippen LogP) is 6.91. The van der Waals surface area contributed by atoms with Crippen LogP contribution in [-0.2, 0) is 11.3 Å². The standard InChI is InChI=1S/C26H27ClN2O2S/c1-6-29-22-13-21(27)19(11-20(22)17(3)14-26(29,4)5)12-23-24(30)28(25(31)32-23)15-18-9-7-8-16(2)10-18/h7-14H,6,15H2,1-5H3/b23-12+. The second kappa shape index (κ2) is 8.45. The first-order valence-electron chi connectivity index (χ1n) is 10.7. The minimum absolute atomic E-state index is 0.102. The summed E-state index contributed by atoms with van der Waals surface area (Å²) < 4.78 is 0. The maximum atomic E-state index is 13.0. The number of fused-ring (bicyclic) bond motifs is 1. The van der Waals surface area contributed by atoms with Gasteiger partial charge in [-0.05, 0) is 81.3 Å². The molecule has 0 saturated carbocycles. The highest BCUT2D eigenvalue weighted by atomic mass is 35.5. The molecule has 4 nitrogen and oxygen atoms in total. The van der Waals surface area contributed by atoms with Gasteiger partial charge < -0.3 is 4.90 Å². The summed E-state index contributed by atoms with van der Waals surface area (Å²) in [6.07, 6.45) is 4.00. The van der Waals surface area contributed by atoms with Crippen LogP contribution < -0.4 is 4.90 Å². The van der Waals surface area contributed by atoms with E-state index in [1.54, 1.807) is 6.08 Å². The molecule has 0 unspecified atom stereocenters. The fourth-order valence-corrected chi connectivity index (χ4v) is 5.62. The molecule has 0 radical (unpaired) electrons. The lowest BCUT2D eigenvalue weighted by molar-refractivity contribution is -0.123. The SMILES string of the molecule is CCN1c2cc(Cl)c(/C=C3/SC(=O)N(Cc4cccc(C)c4)C3=O)cc2C(C)=CC1(C)C. The van der Waals surface area contributed by atoms with Crippen LogP contribution in [0.1, 0.15) is 49.9 Å². The van der Waals surface area contributed by atoms with E-state index in [1.807, 2.05) is 43.3 Å². The van der Waals surface area contributed by atoms with Crippen LogP contribution in [-0.4, -0.2) is 28.1 Å². The molecule has 2 aliphatic rings. The Labute approximate surface area is 198 Å². The number of likely N-dealkylation sites (N-methyl/N-ethyl adjacent to an activating group) is 1. The van der Waals surface area contributed by atoms with Crippen molar-refractivity contribution in [3.8, 4) is 0 Å². The molecule has 0 atom stereocenters. The van der Waals surface area contributed by atoms with Crippen LogP contribution in [0.15, 0.2) is 47.4 Å². The third-order valence-electron chi connectivity index (χ3n) is 6.00. The van der Waals surface area contributed by atoms with Gasteiger partial charge >= 0.3 is 0 Å². The number of amides is 2. The first-order valence-corrected chi connectivity index (χ1v) is 11.9. The first kappa shape index (κ1) is 22.7. The molecule has 166 valence electrons. The van der Waals surface area contributed by atoms with Gasteiger partial charge in [-0.3, -0.25) is 14.5 Å². The summed E-state index contributed by atoms with van der Waals surface area (Å²) in [5, 5.41) is 0.310. The Morgan fingerprint density at radius 3 is 2.56 bits per heavy atom. The number of allylic oxidation sites excluding steroid dienone is 1. The van der Waals surface area contributed by atoms with Crippen molar-refractivity contribution in [2.24, 2.45) is 0 Å². The fourth-order valence-electron chi connectivity index (χ4n) is 4.57. The van der Waals surface area contributed by atoms with E-state index in [0.29, 0.717) is 9.93 Å². The van der Waals surface area contributed by atoms with E-state index >= 15 is 0 Å². The Kier molecular flexibility index (Phi) is 5.99. The van der Waals surface area contributed by atoms with Gasteiger partial charge in [-0.15, -0.1) is 0 Å². The van der Waals surface area contributed by atoms with Crippen LogP contribution in [0.5, 0.6) is 0 Å². The molecule has 0 aliphatic carbocycles. The summed E-state index contributed by atoms with van der Waals surface area (Å²) in [6.45, 7) is 11.7. The number of carbonyl (C=O) groups is 2. The second-order valence-electron chi connectivity index (χ2n) is 8.87. The number of thioether (sulfide) groups is 1. The lowest BCUT2D eigenvalue weighted by Gasteiger charge is -2.43. The van der Waals surface area contributed by atoms with E-state index in [1.165, 1.54) is 10.5 Å². The largest absolute Gasteiger partial charge is 0.363 e. The van der Waals surface area contributed by atoms with E-state index in [9.17, 15) is 9.59 Å². The van der Waals surface area contributed by atoms with Gasteiger partial charge in [0.15, 0.2) is 0 Å². The molecule has 4 rings (SSSR count). The number of halogens is 1. The van der Waals surface area contributed by atoms with Gasteiger partial charge in [-0.1, -0.05) is 47.5 Å². The molecular weight excluding hydrogens is 440 g/mol. The molecule has 2 amide bonds. The number of aryl methyl sites for hydroxylation is 1. The van der Waals surface area contributed by atoms with Crippen LogP contribution >= 0.6 is 23.4 Å². The molecule has 0 N–H and O–H groups in total. The number of hydrogen-bond donors (Lipinski definition) is 0. The van der Waals surface area contributed by atoms with Crippen LogP contribution in [0, 0.1) is 6.92 Å². The maximum absolute atomic E-state index is 13.0. The Morgan fingerprint density at radius 1 is 1.12 bits per heavy atom. The number of hydrogen-bond acceptors (Lipinski definition) is 4. The van der Waals surface area contributed by atoms with Crippen molar-refractivity contribution in [1.82, 2.24) is 4.90 Å². The molecule has 6 heteroatoms. The summed E-state index contributed by atoms with van der Waals surface area (Å²) in [6, 6.07) is 11.8. The van der Waals surface area contributed by atoms with Crippen LogP contribution in [0.4, 0.5) is 10.5 Å². The predicted molar refractivity (Wildman–Crippen MR) is 135 cm³/mol. The van der Waals surface area contributed by atoms with Crippen molar-refractivity contribution in [2.75, 3.05) is 11.4 Å². The molecular formula is C26H27ClN2O2S. The second-order valence-corrected chi connectivity index (χ2v) is 10.3. The van der Waals surface area contributed by atoms with Crippen LogP contribution in [0.2, 0.25) is 5.02 Å². The highest BCUT2D eigenvalue weighted by molar-refractivity contribution is 8.18. The van der Waals surface area contributed by atoms with Gasteiger partial charge in [-0.25, -0.2) is 0 Å². The lowest BCUT2D eigenvalue weighted by Crippen LogP contribution is -2.44.